The first kappa shape index (κ1) is 27.4. The van der Waals surface area contributed by atoms with Gasteiger partial charge in [-0.2, -0.15) is 0 Å². The Hall–Kier alpha value is -4.21. The number of fused-ring (bicyclic) bond motifs is 2. The summed E-state index contributed by atoms with van der Waals surface area (Å²) in [5, 5.41) is 5.76. The molecule has 5 rings (SSSR count). The molecule has 0 unspecified atom stereocenters. The molecule has 2 fully saturated rings. The lowest BCUT2D eigenvalue weighted by Gasteiger charge is -2.40. The lowest BCUT2D eigenvalue weighted by Crippen LogP contribution is -2.50. The minimum absolute atomic E-state index is 0.0515. The molecule has 2 N–H and O–H groups in total. The number of hydrogen-bond acceptors (Lipinski definition) is 6. The van der Waals surface area contributed by atoms with Gasteiger partial charge in [-0.3, -0.25) is 9.59 Å². The van der Waals surface area contributed by atoms with Gasteiger partial charge in [0.25, 0.3) is 11.8 Å². The first-order valence-corrected chi connectivity index (χ1v) is 13.3. The second kappa shape index (κ2) is 11.5. The molecule has 3 aromatic rings. The third-order valence-corrected chi connectivity index (χ3v) is 7.87. The van der Waals surface area contributed by atoms with Gasteiger partial charge in [0.1, 0.15) is 29.0 Å². The molecular formula is C30H32F2N4O4. The van der Waals surface area contributed by atoms with Crippen molar-refractivity contribution in [3.05, 3.63) is 82.5 Å². The first-order chi connectivity index (χ1) is 19.3. The number of nitrogens with one attached hydrogen (secondary N) is 2. The van der Waals surface area contributed by atoms with Crippen molar-refractivity contribution in [3.63, 3.8) is 0 Å². The van der Waals surface area contributed by atoms with E-state index in [1.165, 1.54) is 13.3 Å². The average molecular weight is 551 g/mol. The zero-order chi connectivity index (χ0) is 28.4. The highest BCUT2D eigenvalue weighted by Crippen LogP contribution is 2.38. The van der Waals surface area contributed by atoms with Crippen LogP contribution in [-0.2, 0) is 6.54 Å². The number of hydrogen-bond donors (Lipinski definition) is 2. The zero-order valence-electron chi connectivity index (χ0n) is 22.7. The summed E-state index contributed by atoms with van der Waals surface area (Å²) in [7, 11) is 2.91. The molecule has 0 aliphatic carbocycles. The molecule has 10 heteroatoms. The number of benzene rings is 2. The molecule has 2 bridgehead atoms. The van der Waals surface area contributed by atoms with Crippen molar-refractivity contribution in [3.8, 4) is 11.5 Å². The summed E-state index contributed by atoms with van der Waals surface area (Å²) in [6.45, 7) is 1.58. The highest BCUT2D eigenvalue weighted by molar-refractivity contribution is 5.96. The minimum Gasteiger partial charge on any atom is -0.497 e. The number of pyridine rings is 1. The molecule has 40 heavy (non-hydrogen) atoms. The maximum absolute atomic E-state index is 14.2. The predicted molar refractivity (Wildman–Crippen MR) is 146 cm³/mol. The lowest BCUT2D eigenvalue weighted by atomic mass is 9.96. The van der Waals surface area contributed by atoms with Gasteiger partial charge in [0, 0.05) is 59.7 Å². The minimum atomic E-state index is -0.792. The topological polar surface area (TPSA) is 92.8 Å². The normalized spacial score (nSPS) is 19.7. The maximum Gasteiger partial charge on any atom is 0.253 e. The zero-order valence-corrected chi connectivity index (χ0v) is 22.7. The average Bonchev–Trinajstić information content (AvgIpc) is 3.22. The van der Waals surface area contributed by atoms with Crippen molar-refractivity contribution in [2.45, 2.75) is 57.3 Å². The fourth-order valence-electron chi connectivity index (χ4n) is 5.82. The summed E-state index contributed by atoms with van der Waals surface area (Å²) in [6.07, 6.45) is 5.07. The molecule has 8 nitrogen and oxygen atoms in total. The lowest BCUT2D eigenvalue weighted by molar-refractivity contribution is 0.0923. The van der Waals surface area contributed by atoms with E-state index < -0.39 is 17.5 Å². The number of methoxy groups -OCH3 is 2. The van der Waals surface area contributed by atoms with E-state index in [2.05, 4.69) is 20.5 Å². The highest BCUT2D eigenvalue weighted by Gasteiger charge is 2.42. The molecule has 2 aromatic carbocycles. The van der Waals surface area contributed by atoms with Crippen LogP contribution in [-0.4, -0.2) is 49.1 Å². The Bertz CT molecular complexity index is 1380. The Morgan fingerprint density at radius 3 is 2.30 bits per heavy atom. The maximum atomic E-state index is 14.2. The van der Waals surface area contributed by atoms with Crippen LogP contribution >= 0.6 is 0 Å². The van der Waals surface area contributed by atoms with Crippen LogP contribution in [0.25, 0.3) is 0 Å². The number of rotatable bonds is 8. The summed E-state index contributed by atoms with van der Waals surface area (Å²) >= 11 is 0. The number of halogens is 2. The Balaban J connectivity index is 1.20. The highest BCUT2D eigenvalue weighted by atomic mass is 19.1. The molecule has 3 heterocycles. The van der Waals surface area contributed by atoms with E-state index in [1.54, 1.807) is 19.2 Å². The molecule has 2 aliphatic heterocycles. The van der Waals surface area contributed by atoms with Gasteiger partial charge >= 0.3 is 0 Å². The van der Waals surface area contributed by atoms with Gasteiger partial charge in [0.05, 0.1) is 19.8 Å². The van der Waals surface area contributed by atoms with Gasteiger partial charge in [0.15, 0.2) is 0 Å². The van der Waals surface area contributed by atoms with E-state index in [1.807, 2.05) is 25.1 Å². The van der Waals surface area contributed by atoms with Crippen LogP contribution in [0.15, 0.2) is 48.7 Å². The molecule has 210 valence electrons. The van der Waals surface area contributed by atoms with E-state index >= 15 is 0 Å². The molecule has 1 aromatic heterocycles. The number of carbonyl (C=O) groups is 2. The van der Waals surface area contributed by atoms with Crippen LogP contribution in [0.4, 0.5) is 14.6 Å². The van der Waals surface area contributed by atoms with Gasteiger partial charge in [0.2, 0.25) is 0 Å². The van der Waals surface area contributed by atoms with E-state index in [9.17, 15) is 18.4 Å². The van der Waals surface area contributed by atoms with E-state index in [4.69, 9.17) is 9.47 Å². The summed E-state index contributed by atoms with van der Waals surface area (Å²) in [4.78, 5) is 32.5. The Kier molecular flexibility index (Phi) is 7.86. The second-order valence-corrected chi connectivity index (χ2v) is 10.2. The fraction of sp³-hybridized carbons (Fsp3) is 0.367. The van der Waals surface area contributed by atoms with Gasteiger partial charge in [-0.1, -0.05) is 6.07 Å². The van der Waals surface area contributed by atoms with E-state index in [0.717, 1.165) is 49.2 Å². The van der Waals surface area contributed by atoms with Gasteiger partial charge < -0.3 is 25.0 Å². The third kappa shape index (κ3) is 5.43. The third-order valence-electron chi connectivity index (χ3n) is 7.87. The predicted octanol–water partition coefficient (Wildman–Crippen LogP) is 4.55. The summed E-state index contributed by atoms with van der Waals surface area (Å²) in [5.74, 6) is -0.644. The van der Waals surface area contributed by atoms with Crippen LogP contribution in [0.1, 0.15) is 57.5 Å². The van der Waals surface area contributed by atoms with E-state index in [-0.39, 0.29) is 41.9 Å². The van der Waals surface area contributed by atoms with Gasteiger partial charge in [-0.05, 0) is 56.9 Å². The van der Waals surface area contributed by atoms with Crippen molar-refractivity contribution in [1.29, 1.82) is 0 Å². The van der Waals surface area contributed by atoms with Crippen molar-refractivity contribution < 1.29 is 27.8 Å². The smallest absolute Gasteiger partial charge is 0.253 e. The number of ether oxygens (including phenoxy) is 2. The number of piperidine rings is 1. The van der Waals surface area contributed by atoms with Gasteiger partial charge in [-0.15, -0.1) is 0 Å². The Morgan fingerprint density at radius 2 is 1.70 bits per heavy atom. The monoisotopic (exact) mass is 550 g/mol. The number of nitrogens with zero attached hydrogens (tertiary/aromatic N) is 2. The SMILES string of the molecule is COc1cc(F)c(CNC(=O)c2ccc(N3[C@@H]4CC[C@H]3C[C@@H](NC(=O)c3cccc(OC)c3C)C4)nc2)c(F)c1. The number of anilines is 1. The molecule has 0 spiro atoms. The van der Waals surface area contributed by atoms with Crippen LogP contribution < -0.4 is 25.0 Å². The van der Waals surface area contributed by atoms with E-state index in [0.29, 0.717) is 16.9 Å². The molecule has 0 saturated carbocycles. The molecule has 0 radical (unpaired) electrons. The van der Waals surface area contributed by atoms with Crippen molar-refractivity contribution in [2.75, 3.05) is 19.1 Å². The van der Waals surface area contributed by atoms with Gasteiger partial charge in [-0.25, -0.2) is 13.8 Å². The number of aromatic nitrogens is 1. The first-order valence-electron chi connectivity index (χ1n) is 13.3. The molecule has 2 amide bonds. The van der Waals surface area contributed by atoms with Crippen molar-refractivity contribution in [1.82, 2.24) is 15.6 Å². The second-order valence-electron chi connectivity index (χ2n) is 10.2. The number of amides is 2. The molecule has 2 saturated heterocycles. The number of carbonyl (C=O) groups excluding carboxylic acids is 2. The van der Waals surface area contributed by atoms with Crippen molar-refractivity contribution >= 4 is 17.6 Å². The van der Waals surface area contributed by atoms with Crippen LogP contribution in [0.5, 0.6) is 11.5 Å². The van der Waals surface area contributed by atoms with Crippen LogP contribution in [0.3, 0.4) is 0 Å². The molecule has 2 aliphatic rings. The largest absolute Gasteiger partial charge is 0.497 e. The van der Waals surface area contributed by atoms with Crippen LogP contribution in [0, 0.1) is 18.6 Å². The Labute approximate surface area is 231 Å². The molecule has 3 atom stereocenters. The summed E-state index contributed by atoms with van der Waals surface area (Å²) in [6, 6.07) is 11.6. The summed E-state index contributed by atoms with van der Waals surface area (Å²) in [5.41, 5.74) is 1.48. The standard InChI is InChI=1S/C30H32F2N4O4/c1-17-23(5-4-6-27(17)40-3)30(38)35-19-11-20-8-9-21(12-19)36(20)28-10-7-18(15-33-28)29(37)34-16-24-25(31)13-22(39-2)14-26(24)32/h4-7,10,13-15,19-21H,8-9,11-12,16H2,1-3H3,(H,34,37)(H,35,38)/t19-,20+,21-. The Morgan fingerprint density at radius 1 is 1.00 bits per heavy atom. The summed E-state index contributed by atoms with van der Waals surface area (Å²) < 4.78 is 38.6. The fourth-order valence-corrected chi connectivity index (χ4v) is 5.82. The molecular weight excluding hydrogens is 518 g/mol. The van der Waals surface area contributed by atoms with Crippen LogP contribution in [0.2, 0.25) is 0 Å². The van der Waals surface area contributed by atoms with Crippen molar-refractivity contribution in [2.24, 2.45) is 0 Å². The quantitative estimate of drug-likeness (QED) is 0.428.